The number of esters is 1. The predicted octanol–water partition coefficient (Wildman–Crippen LogP) is 2.05. The summed E-state index contributed by atoms with van der Waals surface area (Å²) in [5.74, 6) is -0.393. The summed E-state index contributed by atoms with van der Waals surface area (Å²) < 4.78 is 9.67. The molecule has 0 aromatic heterocycles. The molecule has 0 aromatic rings. The van der Waals surface area contributed by atoms with E-state index in [1.807, 2.05) is 6.92 Å². The molecule has 0 fully saturated rings. The highest BCUT2D eigenvalue weighted by molar-refractivity contribution is 5.87. The smallest absolute Gasteiger partial charge is 0.336 e. The van der Waals surface area contributed by atoms with E-state index in [1.165, 1.54) is 6.26 Å². The van der Waals surface area contributed by atoms with E-state index in [0.717, 1.165) is 12.8 Å². The summed E-state index contributed by atoms with van der Waals surface area (Å²) >= 11 is 0. The van der Waals surface area contributed by atoms with Crippen LogP contribution < -0.4 is 0 Å². The number of rotatable bonds is 7. The molecule has 0 saturated carbocycles. The van der Waals surface area contributed by atoms with E-state index in [2.05, 4.69) is 13.2 Å². The number of carbonyl (C=O) groups is 1. The highest BCUT2D eigenvalue weighted by Gasteiger charge is 2.07. The Labute approximate surface area is 79.0 Å². The van der Waals surface area contributed by atoms with Gasteiger partial charge in [-0.05, 0) is 6.42 Å². The van der Waals surface area contributed by atoms with Gasteiger partial charge in [0.05, 0.1) is 18.4 Å². The number of hydrogen-bond acceptors (Lipinski definition) is 3. The molecule has 0 rings (SSSR count). The second-order valence-corrected chi connectivity index (χ2v) is 2.57. The Hall–Kier alpha value is -1.25. The SMILES string of the molecule is C=COCC(=C)C(=O)OCCCC. The fraction of sp³-hybridized carbons (Fsp3) is 0.500. The summed E-state index contributed by atoms with van der Waals surface area (Å²) in [4.78, 5) is 11.1. The number of hydrogen-bond donors (Lipinski definition) is 0. The highest BCUT2D eigenvalue weighted by Crippen LogP contribution is 1.97. The van der Waals surface area contributed by atoms with E-state index in [1.54, 1.807) is 0 Å². The molecule has 13 heavy (non-hydrogen) atoms. The normalized spacial score (nSPS) is 9.00. The molecule has 0 atom stereocenters. The first-order valence-electron chi connectivity index (χ1n) is 4.29. The summed E-state index contributed by atoms with van der Waals surface area (Å²) in [6.07, 6.45) is 3.15. The molecule has 0 radical (unpaired) electrons. The first-order chi connectivity index (χ1) is 6.22. The van der Waals surface area contributed by atoms with Crippen LogP contribution >= 0.6 is 0 Å². The Balaban J connectivity index is 3.57. The molecular weight excluding hydrogens is 168 g/mol. The first-order valence-corrected chi connectivity index (χ1v) is 4.29. The van der Waals surface area contributed by atoms with Gasteiger partial charge in [0.15, 0.2) is 0 Å². The van der Waals surface area contributed by atoms with Crippen LogP contribution in [0, 0.1) is 0 Å². The molecule has 3 nitrogen and oxygen atoms in total. The van der Waals surface area contributed by atoms with Crippen LogP contribution in [-0.2, 0) is 14.3 Å². The van der Waals surface area contributed by atoms with Crippen LogP contribution in [0.4, 0.5) is 0 Å². The van der Waals surface area contributed by atoms with Gasteiger partial charge in [0.1, 0.15) is 6.61 Å². The first kappa shape index (κ1) is 11.8. The largest absolute Gasteiger partial charge is 0.497 e. The minimum atomic E-state index is -0.393. The monoisotopic (exact) mass is 184 g/mol. The van der Waals surface area contributed by atoms with E-state index in [-0.39, 0.29) is 6.61 Å². The Morgan fingerprint density at radius 1 is 1.54 bits per heavy atom. The zero-order valence-corrected chi connectivity index (χ0v) is 8.04. The molecule has 0 bridgehead atoms. The quantitative estimate of drug-likeness (QED) is 0.263. The van der Waals surface area contributed by atoms with E-state index < -0.39 is 5.97 Å². The van der Waals surface area contributed by atoms with Crippen molar-refractivity contribution in [3.63, 3.8) is 0 Å². The van der Waals surface area contributed by atoms with Crippen LogP contribution in [0.15, 0.2) is 25.0 Å². The van der Waals surface area contributed by atoms with E-state index in [4.69, 9.17) is 9.47 Å². The summed E-state index contributed by atoms with van der Waals surface area (Å²) in [7, 11) is 0. The van der Waals surface area contributed by atoms with Gasteiger partial charge in [-0.15, -0.1) is 0 Å². The van der Waals surface area contributed by atoms with Crippen molar-refractivity contribution in [1.29, 1.82) is 0 Å². The molecule has 0 heterocycles. The fourth-order valence-corrected chi connectivity index (χ4v) is 0.630. The van der Waals surface area contributed by atoms with Gasteiger partial charge < -0.3 is 9.47 Å². The molecule has 0 spiro atoms. The van der Waals surface area contributed by atoms with Crippen molar-refractivity contribution in [1.82, 2.24) is 0 Å². The minimum Gasteiger partial charge on any atom is -0.497 e. The lowest BCUT2D eigenvalue weighted by atomic mass is 10.3. The van der Waals surface area contributed by atoms with Crippen LogP contribution in [-0.4, -0.2) is 19.2 Å². The third kappa shape index (κ3) is 5.96. The summed E-state index contributed by atoms with van der Waals surface area (Å²) in [6.45, 7) is 9.50. The number of carbonyl (C=O) groups excluding carboxylic acids is 1. The molecular formula is C10H16O3. The third-order valence-electron chi connectivity index (χ3n) is 1.40. The van der Waals surface area contributed by atoms with E-state index in [0.29, 0.717) is 12.2 Å². The molecule has 0 aliphatic rings. The van der Waals surface area contributed by atoms with Gasteiger partial charge in [-0.2, -0.15) is 0 Å². The molecule has 0 aliphatic heterocycles. The van der Waals surface area contributed by atoms with Crippen molar-refractivity contribution in [3.8, 4) is 0 Å². The predicted molar refractivity (Wildman–Crippen MR) is 51.2 cm³/mol. The van der Waals surface area contributed by atoms with Crippen LogP contribution in [0.3, 0.4) is 0 Å². The lowest BCUT2D eigenvalue weighted by Gasteiger charge is -2.05. The van der Waals surface area contributed by atoms with Crippen molar-refractivity contribution < 1.29 is 14.3 Å². The molecule has 0 aliphatic carbocycles. The van der Waals surface area contributed by atoms with Gasteiger partial charge in [-0.25, -0.2) is 4.79 Å². The zero-order valence-electron chi connectivity index (χ0n) is 8.04. The van der Waals surface area contributed by atoms with Gasteiger partial charge in [0, 0.05) is 0 Å². The van der Waals surface area contributed by atoms with Crippen LogP contribution in [0.5, 0.6) is 0 Å². The second kappa shape index (κ2) is 7.40. The van der Waals surface area contributed by atoms with Gasteiger partial charge in [-0.3, -0.25) is 0 Å². The third-order valence-corrected chi connectivity index (χ3v) is 1.40. The second-order valence-electron chi connectivity index (χ2n) is 2.57. The van der Waals surface area contributed by atoms with Gasteiger partial charge in [0.2, 0.25) is 0 Å². The van der Waals surface area contributed by atoms with Crippen molar-refractivity contribution in [2.75, 3.05) is 13.2 Å². The summed E-state index contributed by atoms with van der Waals surface area (Å²) in [5.41, 5.74) is 0.316. The number of ether oxygens (including phenoxy) is 2. The molecule has 0 unspecified atom stereocenters. The Bertz CT molecular complexity index is 185. The Morgan fingerprint density at radius 3 is 2.77 bits per heavy atom. The minimum absolute atomic E-state index is 0.147. The molecule has 0 N–H and O–H groups in total. The van der Waals surface area contributed by atoms with Gasteiger partial charge >= 0.3 is 5.97 Å². The van der Waals surface area contributed by atoms with Crippen LogP contribution in [0.25, 0.3) is 0 Å². The fourth-order valence-electron chi connectivity index (χ4n) is 0.630. The maximum absolute atomic E-state index is 11.1. The average molecular weight is 184 g/mol. The summed E-state index contributed by atoms with van der Waals surface area (Å²) in [5, 5.41) is 0. The topological polar surface area (TPSA) is 35.5 Å². The highest BCUT2D eigenvalue weighted by atomic mass is 16.5. The molecule has 3 heteroatoms. The summed E-state index contributed by atoms with van der Waals surface area (Å²) in [6, 6.07) is 0. The zero-order chi connectivity index (χ0) is 10.1. The van der Waals surface area contributed by atoms with Crippen molar-refractivity contribution >= 4 is 5.97 Å². The molecule has 0 aromatic carbocycles. The lowest BCUT2D eigenvalue weighted by molar-refractivity contribution is -0.139. The maximum atomic E-state index is 11.1. The standard InChI is InChI=1S/C10H16O3/c1-4-6-7-13-10(11)9(3)8-12-5-2/h5H,2-4,6-8H2,1H3. The van der Waals surface area contributed by atoms with Gasteiger partial charge in [-0.1, -0.05) is 26.5 Å². The number of unbranched alkanes of at least 4 members (excludes halogenated alkanes) is 1. The van der Waals surface area contributed by atoms with Crippen molar-refractivity contribution in [2.24, 2.45) is 0 Å². The van der Waals surface area contributed by atoms with Crippen molar-refractivity contribution in [3.05, 3.63) is 25.0 Å². The maximum Gasteiger partial charge on any atom is 0.336 e. The van der Waals surface area contributed by atoms with Crippen molar-refractivity contribution in [2.45, 2.75) is 19.8 Å². The Morgan fingerprint density at radius 2 is 2.23 bits per heavy atom. The molecule has 74 valence electrons. The Kier molecular flexibility index (Phi) is 6.69. The van der Waals surface area contributed by atoms with E-state index in [9.17, 15) is 4.79 Å². The van der Waals surface area contributed by atoms with Crippen LogP contribution in [0.2, 0.25) is 0 Å². The molecule has 0 amide bonds. The average Bonchev–Trinajstić information content (AvgIpc) is 2.14. The van der Waals surface area contributed by atoms with Crippen LogP contribution in [0.1, 0.15) is 19.8 Å². The van der Waals surface area contributed by atoms with Gasteiger partial charge in [0.25, 0.3) is 0 Å². The van der Waals surface area contributed by atoms with E-state index >= 15 is 0 Å². The molecule has 0 saturated heterocycles. The lowest BCUT2D eigenvalue weighted by Crippen LogP contribution is -2.11.